The highest BCUT2D eigenvalue weighted by Crippen LogP contribution is 2.16. The highest BCUT2D eigenvalue weighted by Gasteiger charge is 2.07. The first-order valence-electron chi connectivity index (χ1n) is 3.76. The Morgan fingerprint density at radius 3 is 2.83 bits per heavy atom. The standard InChI is InChI=1S/C8H10N4/c1-6-5-10-11-7(6)8-9-3-4-12(8)2/h3-5H,1-2H3,(H,10,11). The molecule has 0 fully saturated rings. The van der Waals surface area contributed by atoms with E-state index in [1.165, 1.54) is 0 Å². The number of hydrogen-bond donors (Lipinski definition) is 1. The van der Waals surface area contributed by atoms with E-state index in [1.54, 1.807) is 12.4 Å². The molecule has 0 unspecified atom stereocenters. The molecule has 0 aliphatic carbocycles. The molecule has 2 aromatic heterocycles. The van der Waals surface area contributed by atoms with Gasteiger partial charge in [0, 0.05) is 19.4 Å². The Morgan fingerprint density at radius 1 is 1.50 bits per heavy atom. The zero-order valence-electron chi connectivity index (χ0n) is 7.07. The SMILES string of the molecule is Cc1cn[nH]c1-c1nccn1C. The van der Waals surface area contributed by atoms with E-state index in [1.807, 2.05) is 24.7 Å². The first kappa shape index (κ1) is 7.09. The lowest BCUT2D eigenvalue weighted by molar-refractivity contribution is 0.912. The van der Waals surface area contributed by atoms with Crippen LogP contribution in [0.3, 0.4) is 0 Å². The summed E-state index contributed by atoms with van der Waals surface area (Å²) in [7, 11) is 1.96. The molecule has 0 aliphatic heterocycles. The summed E-state index contributed by atoms with van der Waals surface area (Å²) in [4.78, 5) is 4.21. The first-order chi connectivity index (χ1) is 5.79. The lowest BCUT2D eigenvalue weighted by Crippen LogP contribution is -1.92. The average Bonchev–Trinajstić information content (AvgIpc) is 2.59. The zero-order chi connectivity index (χ0) is 8.55. The molecule has 0 aliphatic rings. The van der Waals surface area contributed by atoms with E-state index >= 15 is 0 Å². The van der Waals surface area contributed by atoms with Crippen molar-refractivity contribution in [2.45, 2.75) is 6.92 Å². The summed E-state index contributed by atoms with van der Waals surface area (Å²) in [6, 6.07) is 0. The predicted octanol–water partition coefficient (Wildman–Crippen LogP) is 1.12. The minimum absolute atomic E-state index is 0.921. The van der Waals surface area contributed by atoms with Crippen LogP contribution < -0.4 is 0 Å². The van der Waals surface area contributed by atoms with Crippen molar-refractivity contribution in [3.05, 3.63) is 24.2 Å². The summed E-state index contributed by atoms with van der Waals surface area (Å²) >= 11 is 0. The molecule has 0 aromatic carbocycles. The van der Waals surface area contributed by atoms with Crippen molar-refractivity contribution >= 4 is 0 Å². The molecule has 4 heteroatoms. The molecule has 1 N–H and O–H groups in total. The van der Waals surface area contributed by atoms with Crippen LogP contribution in [0, 0.1) is 6.92 Å². The maximum atomic E-state index is 4.21. The molecular formula is C8H10N4. The van der Waals surface area contributed by atoms with Crippen LogP contribution in [-0.2, 0) is 7.05 Å². The van der Waals surface area contributed by atoms with Crippen molar-refractivity contribution in [3.63, 3.8) is 0 Å². The van der Waals surface area contributed by atoms with Gasteiger partial charge in [-0.2, -0.15) is 5.10 Å². The van der Waals surface area contributed by atoms with E-state index in [2.05, 4.69) is 15.2 Å². The molecule has 0 saturated carbocycles. The summed E-state index contributed by atoms with van der Waals surface area (Å²) in [6.45, 7) is 2.01. The molecule has 2 aromatic rings. The fraction of sp³-hybridized carbons (Fsp3) is 0.250. The minimum atomic E-state index is 0.921. The van der Waals surface area contributed by atoms with Gasteiger partial charge in [0.05, 0.1) is 6.20 Å². The van der Waals surface area contributed by atoms with Crippen LogP contribution in [0.25, 0.3) is 11.5 Å². The van der Waals surface area contributed by atoms with Gasteiger partial charge in [0.2, 0.25) is 0 Å². The van der Waals surface area contributed by atoms with Crippen molar-refractivity contribution in [1.29, 1.82) is 0 Å². The third-order valence-corrected chi connectivity index (χ3v) is 1.87. The van der Waals surface area contributed by atoms with Gasteiger partial charge in [-0.05, 0) is 12.5 Å². The van der Waals surface area contributed by atoms with E-state index in [4.69, 9.17) is 0 Å². The quantitative estimate of drug-likeness (QED) is 0.683. The maximum Gasteiger partial charge on any atom is 0.158 e. The van der Waals surface area contributed by atoms with E-state index < -0.39 is 0 Å². The number of nitrogens with zero attached hydrogens (tertiary/aromatic N) is 3. The van der Waals surface area contributed by atoms with E-state index in [-0.39, 0.29) is 0 Å². The molecule has 2 rings (SSSR count). The Hall–Kier alpha value is -1.58. The number of rotatable bonds is 1. The monoisotopic (exact) mass is 162 g/mol. The third kappa shape index (κ3) is 0.922. The van der Waals surface area contributed by atoms with Gasteiger partial charge in [-0.1, -0.05) is 0 Å². The molecule has 0 radical (unpaired) electrons. The van der Waals surface area contributed by atoms with Gasteiger partial charge < -0.3 is 4.57 Å². The maximum absolute atomic E-state index is 4.21. The van der Waals surface area contributed by atoms with Gasteiger partial charge in [-0.15, -0.1) is 0 Å². The van der Waals surface area contributed by atoms with E-state index in [0.717, 1.165) is 17.1 Å². The summed E-state index contributed by atoms with van der Waals surface area (Å²) < 4.78 is 1.96. The Kier molecular flexibility index (Phi) is 1.46. The number of hydrogen-bond acceptors (Lipinski definition) is 2. The van der Waals surface area contributed by atoms with Gasteiger partial charge in [0.25, 0.3) is 0 Å². The molecule has 2 heterocycles. The molecule has 0 atom stereocenters. The van der Waals surface area contributed by atoms with Gasteiger partial charge in [0.1, 0.15) is 5.69 Å². The van der Waals surface area contributed by atoms with Crippen molar-refractivity contribution in [3.8, 4) is 11.5 Å². The summed E-state index contributed by atoms with van der Waals surface area (Å²) in [5, 5.41) is 6.86. The minimum Gasteiger partial charge on any atom is -0.333 e. The van der Waals surface area contributed by atoms with Gasteiger partial charge in [-0.25, -0.2) is 4.98 Å². The Bertz CT molecular complexity index is 347. The van der Waals surface area contributed by atoms with Crippen molar-refractivity contribution in [2.75, 3.05) is 0 Å². The normalized spacial score (nSPS) is 10.5. The molecule has 62 valence electrons. The number of H-pyrrole nitrogens is 1. The van der Waals surface area contributed by atoms with Crippen LogP contribution in [0.1, 0.15) is 5.56 Å². The lowest BCUT2D eigenvalue weighted by atomic mass is 10.3. The van der Waals surface area contributed by atoms with Crippen LogP contribution in [0.5, 0.6) is 0 Å². The highest BCUT2D eigenvalue weighted by molar-refractivity contribution is 5.53. The van der Waals surface area contributed by atoms with Gasteiger partial charge in [0.15, 0.2) is 5.82 Å². The van der Waals surface area contributed by atoms with Crippen LogP contribution in [0.15, 0.2) is 18.6 Å². The third-order valence-electron chi connectivity index (χ3n) is 1.87. The van der Waals surface area contributed by atoms with Crippen molar-refractivity contribution in [2.24, 2.45) is 7.05 Å². The fourth-order valence-electron chi connectivity index (χ4n) is 1.18. The molecule has 12 heavy (non-hydrogen) atoms. The van der Waals surface area contributed by atoms with Crippen LogP contribution >= 0.6 is 0 Å². The van der Waals surface area contributed by atoms with Gasteiger partial charge >= 0.3 is 0 Å². The Morgan fingerprint density at radius 2 is 2.33 bits per heavy atom. The second-order valence-electron chi connectivity index (χ2n) is 2.79. The lowest BCUT2D eigenvalue weighted by Gasteiger charge is -1.98. The topological polar surface area (TPSA) is 46.5 Å². The Labute approximate surface area is 70.3 Å². The molecule has 0 spiro atoms. The number of aromatic amines is 1. The molecular weight excluding hydrogens is 152 g/mol. The molecule has 0 amide bonds. The average molecular weight is 162 g/mol. The van der Waals surface area contributed by atoms with E-state index in [9.17, 15) is 0 Å². The van der Waals surface area contributed by atoms with Gasteiger partial charge in [-0.3, -0.25) is 5.10 Å². The van der Waals surface area contributed by atoms with Crippen LogP contribution in [0.4, 0.5) is 0 Å². The van der Waals surface area contributed by atoms with Crippen molar-refractivity contribution < 1.29 is 0 Å². The molecule has 4 nitrogen and oxygen atoms in total. The Balaban J connectivity index is 2.57. The second kappa shape index (κ2) is 2.48. The number of imidazole rings is 1. The smallest absolute Gasteiger partial charge is 0.158 e. The van der Waals surface area contributed by atoms with Crippen molar-refractivity contribution in [1.82, 2.24) is 19.7 Å². The second-order valence-corrected chi connectivity index (χ2v) is 2.79. The molecule has 0 saturated heterocycles. The van der Waals surface area contributed by atoms with E-state index in [0.29, 0.717) is 0 Å². The van der Waals surface area contributed by atoms with Crippen LogP contribution in [-0.4, -0.2) is 19.7 Å². The number of aryl methyl sites for hydroxylation is 2. The number of nitrogens with one attached hydrogen (secondary N) is 1. The summed E-state index contributed by atoms with van der Waals surface area (Å²) in [6.07, 6.45) is 5.48. The highest BCUT2D eigenvalue weighted by atomic mass is 15.1. The molecule has 0 bridgehead atoms. The number of aromatic nitrogens is 4. The zero-order valence-corrected chi connectivity index (χ0v) is 7.07. The largest absolute Gasteiger partial charge is 0.333 e. The summed E-state index contributed by atoms with van der Waals surface area (Å²) in [5.74, 6) is 0.921. The van der Waals surface area contributed by atoms with Crippen LogP contribution in [0.2, 0.25) is 0 Å². The summed E-state index contributed by atoms with van der Waals surface area (Å²) in [5.41, 5.74) is 2.10. The predicted molar refractivity (Wildman–Crippen MR) is 45.5 cm³/mol. The fourth-order valence-corrected chi connectivity index (χ4v) is 1.18. The first-order valence-corrected chi connectivity index (χ1v) is 3.76.